The van der Waals surface area contributed by atoms with E-state index in [9.17, 15) is 22.1 Å². The van der Waals surface area contributed by atoms with Crippen molar-refractivity contribution in [3.05, 3.63) is 96.5 Å². The van der Waals surface area contributed by atoms with Crippen LogP contribution < -0.4 is 0 Å². The third-order valence-corrected chi connectivity index (χ3v) is 7.28. The largest absolute Gasteiger partial charge is 0.383 e. The van der Waals surface area contributed by atoms with Gasteiger partial charge in [-0.2, -0.15) is 13.7 Å². The number of allylic oxidation sites excluding steroid dienone is 4. The molecule has 154 valence electrons. The zero-order valence-electron chi connectivity index (χ0n) is 15.9. The Kier molecular flexibility index (Phi) is 6.10. The second-order valence-corrected chi connectivity index (χ2v) is 9.68. The summed E-state index contributed by atoms with van der Waals surface area (Å²) in [6.07, 6.45) is 5.62. The second kappa shape index (κ2) is 8.57. The lowest BCUT2D eigenvalue weighted by Crippen LogP contribution is -2.23. The van der Waals surface area contributed by atoms with Crippen molar-refractivity contribution in [2.45, 2.75) is 16.7 Å². The molecule has 0 aromatic heterocycles. The lowest BCUT2D eigenvalue weighted by Gasteiger charge is -2.22. The molecule has 0 unspecified atom stereocenters. The van der Waals surface area contributed by atoms with Crippen LogP contribution in [0.5, 0.6) is 0 Å². The highest BCUT2D eigenvalue weighted by atomic mass is 32.2. The lowest BCUT2D eigenvalue weighted by atomic mass is 9.98. The van der Waals surface area contributed by atoms with Gasteiger partial charge in [0.25, 0.3) is 10.0 Å². The first-order chi connectivity index (χ1) is 14.3. The van der Waals surface area contributed by atoms with Crippen molar-refractivity contribution in [1.29, 1.82) is 5.26 Å². The maximum Gasteiger partial charge on any atom is 0.338 e. The predicted molar refractivity (Wildman–Crippen MR) is 110 cm³/mol. The van der Waals surface area contributed by atoms with Crippen LogP contribution in [0.25, 0.3) is 0 Å². The molecular formula is C21H18N2O5S2. The van der Waals surface area contributed by atoms with Gasteiger partial charge in [0.2, 0.25) is 0 Å². The van der Waals surface area contributed by atoms with Crippen molar-refractivity contribution in [2.75, 3.05) is 0 Å². The Morgan fingerprint density at radius 2 is 1.40 bits per heavy atom. The lowest BCUT2D eigenvalue weighted by molar-refractivity contribution is 0.402. The molecule has 2 aromatic rings. The summed E-state index contributed by atoms with van der Waals surface area (Å²) < 4.78 is 56.3. The van der Waals surface area contributed by atoms with Gasteiger partial charge in [0.15, 0.2) is 0 Å². The molecule has 30 heavy (non-hydrogen) atoms. The topological polar surface area (TPSA) is 105 Å². The number of benzene rings is 2. The third kappa shape index (κ3) is 4.45. The second-order valence-electron chi connectivity index (χ2n) is 6.29. The summed E-state index contributed by atoms with van der Waals surface area (Å²) in [7, 11) is -7.86. The van der Waals surface area contributed by atoms with Gasteiger partial charge in [-0.25, -0.2) is 12.7 Å². The summed E-state index contributed by atoms with van der Waals surface area (Å²) in [4.78, 5) is 0.0961. The van der Waals surface area contributed by atoms with Crippen LogP contribution in [0.1, 0.15) is 6.92 Å². The Morgan fingerprint density at radius 1 is 0.900 bits per heavy atom. The van der Waals surface area contributed by atoms with Gasteiger partial charge in [0, 0.05) is 18.3 Å². The maximum absolute atomic E-state index is 12.7. The van der Waals surface area contributed by atoms with Crippen LogP contribution in [-0.4, -0.2) is 21.1 Å². The number of sulfonamides is 1. The molecule has 0 spiro atoms. The monoisotopic (exact) mass is 442 g/mol. The van der Waals surface area contributed by atoms with Crippen molar-refractivity contribution in [3.8, 4) is 6.07 Å². The van der Waals surface area contributed by atoms with Gasteiger partial charge >= 0.3 is 10.1 Å². The van der Waals surface area contributed by atoms with Gasteiger partial charge in [0.05, 0.1) is 16.5 Å². The Morgan fingerprint density at radius 3 is 1.90 bits per heavy atom. The number of nitrogens with zero attached hydrogens (tertiary/aromatic N) is 2. The van der Waals surface area contributed by atoms with E-state index in [4.69, 9.17) is 4.18 Å². The standard InChI is InChI=1S/C21H18N2O5S2/c1-17(28-30(26,27)20-10-6-3-7-11-20)21(16-22)18-12-14-23(15-13-18)29(24,25)19-8-4-2-5-9-19/h2-15,18H,1H3/b21-17+. The fraction of sp³-hybridized carbons (Fsp3) is 0.0952. The molecule has 0 aliphatic carbocycles. The van der Waals surface area contributed by atoms with Crippen LogP contribution >= 0.6 is 0 Å². The van der Waals surface area contributed by atoms with Gasteiger partial charge in [-0.1, -0.05) is 48.6 Å². The first kappa shape index (κ1) is 21.4. The van der Waals surface area contributed by atoms with Gasteiger partial charge < -0.3 is 4.18 Å². The number of nitriles is 1. The Hall–Kier alpha value is -3.35. The first-order valence-corrected chi connectivity index (χ1v) is 11.7. The summed E-state index contributed by atoms with van der Waals surface area (Å²) in [5.41, 5.74) is 0.0544. The summed E-state index contributed by atoms with van der Waals surface area (Å²) in [5.74, 6) is -0.719. The molecule has 0 saturated heterocycles. The zero-order valence-corrected chi connectivity index (χ0v) is 17.5. The normalized spacial score (nSPS) is 15.4. The molecule has 1 aliphatic heterocycles. The molecule has 0 fully saturated rings. The summed E-state index contributed by atoms with van der Waals surface area (Å²) >= 11 is 0. The van der Waals surface area contributed by atoms with E-state index in [1.807, 2.05) is 6.07 Å². The van der Waals surface area contributed by atoms with Crippen molar-refractivity contribution < 1.29 is 21.0 Å². The fourth-order valence-corrected chi connectivity index (χ4v) is 4.98. The molecule has 9 heteroatoms. The Balaban J connectivity index is 1.83. The summed E-state index contributed by atoms with van der Waals surface area (Å²) in [6.45, 7) is 1.38. The number of hydrogen-bond acceptors (Lipinski definition) is 6. The van der Waals surface area contributed by atoms with Crippen LogP contribution in [0, 0.1) is 17.2 Å². The first-order valence-electron chi connectivity index (χ1n) is 8.81. The quantitative estimate of drug-likeness (QED) is 0.385. The SMILES string of the molecule is C/C(OS(=O)(=O)c1ccccc1)=C(/C#N)C1C=CN(S(=O)(=O)c2ccccc2)C=C1. The van der Waals surface area contributed by atoms with Gasteiger partial charge in [-0.3, -0.25) is 0 Å². The van der Waals surface area contributed by atoms with Crippen molar-refractivity contribution in [2.24, 2.45) is 5.92 Å². The molecule has 0 radical (unpaired) electrons. The smallest absolute Gasteiger partial charge is 0.338 e. The fourth-order valence-electron chi connectivity index (χ4n) is 2.77. The van der Waals surface area contributed by atoms with Crippen molar-refractivity contribution in [3.63, 3.8) is 0 Å². The number of hydrogen-bond donors (Lipinski definition) is 0. The van der Waals surface area contributed by atoms with Crippen molar-refractivity contribution in [1.82, 2.24) is 4.31 Å². The van der Waals surface area contributed by atoms with Crippen LogP contribution in [0.4, 0.5) is 0 Å². The van der Waals surface area contributed by atoms with E-state index in [0.717, 1.165) is 4.31 Å². The van der Waals surface area contributed by atoms with Gasteiger partial charge in [0.1, 0.15) is 10.7 Å². The molecule has 0 N–H and O–H groups in total. The van der Waals surface area contributed by atoms with E-state index in [2.05, 4.69) is 0 Å². The van der Waals surface area contributed by atoms with Crippen LogP contribution in [0.2, 0.25) is 0 Å². The highest BCUT2D eigenvalue weighted by molar-refractivity contribution is 7.89. The molecule has 0 atom stereocenters. The highest BCUT2D eigenvalue weighted by Gasteiger charge is 2.25. The summed E-state index contributed by atoms with van der Waals surface area (Å²) in [6, 6.07) is 17.5. The molecule has 1 heterocycles. The van der Waals surface area contributed by atoms with E-state index in [1.165, 1.54) is 55.7 Å². The van der Waals surface area contributed by atoms with Crippen LogP contribution in [0.15, 0.2) is 106 Å². The van der Waals surface area contributed by atoms with Gasteiger partial charge in [-0.15, -0.1) is 0 Å². The Bertz CT molecular complexity index is 1240. The molecule has 1 aliphatic rings. The van der Waals surface area contributed by atoms with E-state index in [-0.39, 0.29) is 21.1 Å². The molecule has 0 amide bonds. The van der Waals surface area contributed by atoms with Crippen LogP contribution in [0.3, 0.4) is 0 Å². The van der Waals surface area contributed by atoms with E-state index < -0.39 is 26.1 Å². The number of rotatable bonds is 6. The maximum atomic E-state index is 12.7. The van der Waals surface area contributed by atoms with Crippen LogP contribution in [-0.2, 0) is 24.3 Å². The zero-order chi connectivity index (χ0) is 21.8. The molecule has 2 aromatic carbocycles. The third-order valence-electron chi connectivity index (χ3n) is 4.30. The molecule has 0 saturated carbocycles. The minimum Gasteiger partial charge on any atom is -0.383 e. The average molecular weight is 443 g/mol. The molecule has 7 nitrogen and oxygen atoms in total. The van der Waals surface area contributed by atoms with E-state index >= 15 is 0 Å². The molecule has 0 bridgehead atoms. The molecule has 3 rings (SSSR count). The minimum atomic E-state index is -4.09. The van der Waals surface area contributed by atoms with E-state index in [0.29, 0.717) is 0 Å². The minimum absolute atomic E-state index is 0.0310. The average Bonchev–Trinajstić information content (AvgIpc) is 2.75. The highest BCUT2D eigenvalue weighted by Crippen LogP contribution is 2.27. The van der Waals surface area contributed by atoms with Crippen molar-refractivity contribution >= 4 is 20.1 Å². The Labute approximate surface area is 176 Å². The summed E-state index contributed by atoms with van der Waals surface area (Å²) in [5, 5.41) is 9.54. The predicted octanol–water partition coefficient (Wildman–Crippen LogP) is 3.54. The molecular weight excluding hydrogens is 424 g/mol. The van der Waals surface area contributed by atoms with Gasteiger partial charge in [-0.05, 0) is 31.2 Å². The van der Waals surface area contributed by atoms with E-state index in [1.54, 1.807) is 36.4 Å².